The van der Waals surface area contributed by atoms with Gasteiger partial charge >= 0.3 is 5.97 Å². The zero-order valence-electron chi connectivity index (χ0n) is 12.7. The highest BCUT2D eigenvalue weighted by Gasteiger charge is 2.16. The van der Waals surface area contributed by atoms with E-state index in [9.17, 15) is 14.4 Å². The molecule has 1 aromatic carbocycles. The minimum Gasteiger partial charge on any atom is -0.465 e. The first kappa shape index (κ1) is 15.9. The lowest BCUT2D eigenvalue weighted by Crippen LogP contribution is -2.29. The van der Waals surface area contributed by atoms with E-state index in [1.165, 1.54) is 13.3 Å². The van der Waals surface area contributed by atoms with E-state index in [4.69, 9.17) is 0 Å². The molecule has 0 aliphatic rings. The molecule has 0 aliphatic heterocycles. The van der Waals surface area contributed by atoms with Crippen LogP contribution >= 0.6 is 11.3 Å². The average molecular weight is 343 g/mol. The van der Waals surface area contributed by atoms with Gasteiger partial charge in [-0.3, -0.25) is 9.59 Å². The molecule has 0 saturated heterocycles. The van der Waals surface area contributed by atoms with Crippen LogP contribution in [0.5, 0.6) is 0 Å². The summed E-state index contributed by atoms with van der Waals surface area (Å²) in [5.74, 6) is -0.982. The summed E-state index contributed by atoms with van der Waals surface area (Å²) in [5, 5.41) is 9.48. The number of fused-ring (bicyclic) bond motifs is 1. The number of amides is 1. The maximum absolute atomic E-state index is 12.3. The van der Waals surface area contributed by atoms with Gasteiger partial charge in [0, 0.05) is 5.39 Å². The minimum absolute atomic E-state index is 0.250. The van der Waals surface area contributed by atoms with E-state index in [2.05, 4.69) is 15.2 Å². The van der Waals surface area contributed by atoms with Gasteiger partial charge in [-0.1, -0.05) is 18.2 Å². The predicted molar refractivity (Wildman–Crippen MR) is 90.3 cm³/mol. The van der Waals surface area contributed by atoms with Gasteiger partial charge in [-0.15, -0.1) is 11.3 Å². The van der Waals surface area contributed by atoms with E-state index in [-0.39, 0.29) is 12.1 Å². The Hall–Kier alpha value is -3.00. The van der Waals surface area contributed by atoms with Crippen LogP contribution < -0.4 is 10.9 Å². The van der Waals surface area contributed by atoms with Crippen LogP contribution in [0, 0.1) is 0 Å². The number of rotatable bonds is 4. The lowest BCUT2D eigenvalue weighted by Gasteiger charge is -2.07. The molecule has 0 spiro atoms. The Balaban J connectivity index is 1.81. The van der Waals surface area contributed by atoms with Crippen LogP contribution in [0.4, 0.5) is 5.69 Å². The molecule has 1 N–H and O–H groups in total. The van der Waals surface area contributed by atoms with E-state index in [1.54, 1.807) is 29.6 Å². The van der Waals surface area contributed by atoms with Crippen molar-refractivity contribution < 1.29 is 14.3 Å². The number of ether oxygens (including phenoxy) is 1. The maximum Gasteiger partial charge on any atom is 0.350 e. The molecule has 0 unspecified atom stereocenters. The van der Waals surface area contributed by atoms with Gasteiger partial charge < -0.3 is 10.1 Å². The number of hydrogen-bond donors (Lipinski definition) is 1. The molecule has 24 heavy (non-hydrogen) atoms. The number of aromatic nitrogens is 2. The number of thiophene rings is 1. The number of esters is 1. The zero-order valence-corrected chi connectivity index (χ0v) is 13.5. The Bertz CT molecular complexity index is 977. The van der Waals surface area contributed by atoms with Gasteiger partial charge in [0.2, 0.25) is 5.91 Å². The van der Waals surface area contributed by atoms with Crippen LogP contribution in [0.2, 0.25) is 0 Å². The molecule has 2 aromatic heterocycles. The molecule has 1 amide bonds. The second-order valence-corrected chi connectivity index (χ2v) is 5.81. The third-order valence-electron chi connectivity index (χ3n) is 3.37. The Morgan fingerprint density at radius 1 is 1.29 bits per heavy atom. The summed E-state index contributed by atoms with van der Waals surface area (Å²) in [6.07, 6.45) is 1.54. The Morgan fingerprint density at radius 2 is 2.08 bits per heavy atom. The molecule has 0 aliphatic carbocycles. The molecule has 7 nitrogen and oxygen atoms in total. The summed E-state index contributed by atoms with van der Waals surface area (Å²) in [6, 6.07) is 8.63. The fourth-order valence-corrected chi connectivity index (χ4v) is 2.99. The standard InChI is InChI=1S/C16H13N3O4S/c1-23-16(22)14-12(6-7-24-14)18-13(20)9-19-15(21)11-5-3-2-4-10(11)8-17-19/h2-8H,9H2,1H3,(H,18,20). The third kappa shape index (κ3) is 3.04. The first-order valence-electron chi connectivity index (χ1n) is 7.00. The van der Waals surface area contributed by atoms with Crippen molar-refractivity contribution in [2.75, 3.05) is 12.4 Å². The van der Waals surface area contributed by atoms with Crippen LogP contribution in [0.25, 0.3) is 10.8 Å². The van der Waals surface area contributed by atoms with Crippen molar-refractivity contribution in [1.82, 2.24) is 9.78 Å². The van der Waals surface area contributed by atoms with Gasteiger partial charge in [0.05, 0.1) is 24.4 Å². The number of methoxy groups -OCH3 is 1. The van der Waals surface area contributed by atoms with Crippen molar-refractivity contribution in [2.45, 2.75) is 6.54 Å². The summed E-state index contributed by atoms with van der Waals surface area (Å²) in [6.45, 7) is -0.250. The molecule has 0 fully saturated rings. The van der Waals surface area contributed by atoms with Crippen molar-refractivity contribution >= 4 is 39.7 Å². The number of anilines is 1. The molecule has 0 bridgehead atoms. The normalized spacial score (nSPS) is 10.5. The summed E-state index contributed by atoms with van der Waals surface area (Å²) in [4.78, 5) is 36.4. The molecule has 3 rings (SSSR count). The number of nitrogens with zero attached hydrogens (tertiary/aromatic N) is 2. The highest BCUT2D eigenvalue weighted by Crippen LogP contribution is 2.23. The highest BCUT2D eigenvalue weighted by atomic mass is 32.1. The number of nitrogens with one attached hydrogen (secondary N) is 1. The summed E-state index contributed by atoms with van der Waals surface area (Å²) >= 11 is 1.16. The van der Waals surface area contributed by atoms with Gasteiger partial charge in [-0.25, -0.2) is 9.48 Å². The van der Waals surface area contributed by atoms with Crippen LogP contribution in [-0.4, -0.2) is 28.8 Å². The van der Waals surface area contributed by atoms with Gasteiger partial charge in [0.15, 0.2) is 0 Å². The molecule has 0 atom stereocenters. The summed E-state index contributed by atoms with van der Waals surface area (Å²) in [5.41, 5.74) is 0.00690. The lowest BCUT2D eigenvalue weighted by molar-refractivity contribution is -0.117. The zero-order chi connectivity index (χ0) is 17.1. The van der Waals surface area contributed by atoms with Crippen molar-refractivity contribution in [3.8, 4) is 0 Å². The second-order valence-electron chi connectivity index (χ2n) is 4.90. The lowest BCUT2D eigenvalue weighted by atomic mass is 10.2. The topological polar surface area (TPSA) is 90.3 Å². The Morgan fingerprint density at radius 3 is 2.88 bits per heavy atom. The SMILES string of the molecule is COC(=O)c1sccc1NC(=O)Cn1ncc2ccccc2c1=O. The fourth-order valence-electron chi connectivity index (χ4n) is 2.22. The van der Waals surface area contributed by atoms with E-state index >= 15 is 0 Å². The van der Waals surface area contributed by atoms with Crippen molar-refractivity contribution in [1.29, 1.82) is 0 Å². The molecule has 3 aromatic rings. The van der Waals surface area contributed by atoms with Crippen LogP contribution in [0.3, 0.4) is 0 Å². The average Bonchev–Trinajstić information content (AvgIpc) is 3.05. The number of hydrogen-bond acceptors (Lipinski definition) is 6. The van der Waals surface area contributed by atoms with Gasteiger partial charge in [0.1, 0.15) is 11.4 Å². The molecular weight excluding hydrogens is 330 g/mol. The number of benzene rings is 1. The quantitative estimate of drug-likeness (QED) is 0.731. The largest absolute Gasteiger partial charge is 0.465 e. The van der Waals surface area contributed by atoms with E-state index in [1.807, 2.05) is 6.07 Å². The third-order valence-corrected chi connectivity index (χ3v) is 4.26. The number of carbonyl (C=O) groups excluding carboxylic acids is 2. The fraction of sp³-hybridized carbons (Fsp3) is 0.125. The van der Waals surface area contributed by atoms with Gasteiger partial charge in [-0.2, -0.15) is 5.10 Å². The van der Waals surface area contributed by atoms with Crippen molar-refractivity contribution in [2.24, 2.45) is 0 Å². The molecule has 0 saturated carbocycles. The molecule has 2 heterocycles. The van der Waals surface area contributed by atoms with E-state index < -0.39 is 11.9 Å². The maximum atomic E-state index is 12.3. The number of carbonyl (C=O) groups is 2. The van der Waals surface area contributed by atoms with Crippen LogP contribution in [0.15, 0.2) is 46.7 Å². The van der Waals surface area contributed by atoms with Crippen molar-refractivity contribution in [3.63, 3.8) is 0 Å². The Kier molecular flexibility index (Phi) is 4.39. The van der Waals surface area contributed by atoms with E-state index in [0.717, 1.165) is 16.0 Å². The van der Waals surface area contributed by atoms with Crippen molar-refractivity contribution in [3.05, 3.63) is 57.1 Å². The summed E-state index contributed by atoms with van der Waals surface area (Å²) < 4.78 is 5.74. The smallest absolute Gasteiger partial charge is 0.350 e. The first-order chi connectivity index (χ1) is 11.6. The second kappa shape index (κ2) is 6.63. The predicted octanol–water partition coefficient (Wildman–Crippen LogP) is 1.88. The van der Waals surface area contributed by atoms with E-state index in [0.29, 0.717) is 21.3 Å². The monoisotopic (exact) mass is 343 g/mol. The van der Waals surface area contributed by atoms with Crippen LogP contribution in [0.1, 0.15) is 9.67 Å². The molecular formula is C16H13N3O4S. The van der Waals surface area contributed by atoms with Gasteiger partial charge in [-0.05, 0) is 17.5 Å². The Labute approximate surface area is 140 Å². The first-order valence-corrected chi connectivity index (χ1v) is 7.88. The molecule has 8 heteroatoms. The molecule has 122 valence electrons. The highest BCUT2D eigenvalue weighted by molar-refractivity contribution is 7.12. The summed E-state index contributed by atoms with van der Waals surface area (Å²) in [7, 11) is 1.27. The minimum atomic E-state index is -0.527. The van der Waals surface area contributed by atoms with Gasteiger partial charge in [0.25, 0.3) is 5.56 Å². The molecule has 0 radical (unpaired) electrons. The van der Waals surface area contributed by atoms with Crippen LogP contribution in [-0.2, 0) is 16.1 Å².